The lowest BCUT2D eigenvalue weighted by Crippen LogP contribution is -2.01. The molecular weight excluding hydrogens is 303 g/mol. The van der Waals surface area contributed by atoms with Crippen LogP contribution in [0.1, 0.15) is 0 Å². The van der Waals surface area contributed by atoms with Crippen molar-refractivity contribution >= 4 is 35.0 Å². The molecule has 2 nitrogen and oxygen atoms in total. The van der Waals surface area contributed by atoms with Crippen molar-refractivity contribution in [2.24, 2.45) is 0 Å². The van der Waals surface area contributed by atoms with E-state index in [4.69, 9.17) is 27.9 Å². The summed E-state index contributed by atoms with van der Waals surface area (Å²) in [6.07, 6.45) is 0. The van der Waals surface area contributed by atoms with Crippen molar-refractivity contribution < 1.29 is 9.84 Å². The van der Waals surface area contributed by atoms with Gasteiger partial charge >= 0.3 is 0 Å². The van der Waals surface area contributed by atoms with Crippen LogP contribution in [0.4, 0.5) is 0 Å². The van der Waals surface area contributed by atoms with Crippen LogP contribution in [-0.4, -0.2) is 17.5 Å². The molecular formula is C14H12Cl2O2S. The molecule has 0 saturated heterocycles. The smallest absolute Gasteiger partial charge is 0.156 e. The second kappa shape index (κ2) is 6.94. The zero-order chi connectivity index (χ0) is 13.7. The fourth-order valence-electron chi connectivity index (χ4n) is 1.50. The molecule has 0 saturated carbocycles. The lowest BCUT2D eigenvalue weighted by Gasteiger charge is -2.09. The van der Waals surface area contributed by atoms with E-state index in [0.717, 1.165) is 10.6 Å². The molecule has 2 aromatic rings. The quantitative estimate of drug-likeness (QED) is 0.630. The SMILES string of the molecule is Oc1cccc(SCCOc2c(Cl)cccc2Cl)c1. The van der Waals surface area contributed by atoms with Crippen LogP contribution in [0, 0.1) is 0 Å². The van der Waals surface area contributed by atoms with Crippen molar-refractivity contribution in [1.82, 2.24) is 0 Å². The van der Waals surface area contributed by atoms with Gasteiger partial charge in [0, 0.05) is 10.6 Å². The monoisotopic (exact) mass is 314 g/mol. The summed E-state index contributed by atoms with van der Waals surface area (Å²) in [5, 5.41) is 10.4. The molecule has 0 heterocycles. The maximum absolute atomic E-state index is 9.34. The first-order valence-electron chi connectivity index (χ1n) is 5.65. The number of ether oxygens (including phenoxy) is 1. The highest BCUT2D eigenvalue weighted by Crippen LogP contribution is 2.32. The number of rotatable bonds is 5. The number of benzene rings is 2. The van der Waals surface area contributed by atoms with E-state index < -0.39 is 0 Å². The van der Waals surface area contributed by atoms with E-state index in [1.807, 2.05) is 12.1 Å². The largest absolute Gasteiger partial charge is 0.508 e. The normalized spacial score (nSPS) is 10.4. The Morgan fingerprint density at radius 3 is 2.42 bits per heavy atom. The Hall–Kier alpha value is -1.03. The highest BCUT2D eigenvalue weighted by molar-refractivity contribution is 7.99. The van der Waals surface area contributed by atoms with Gasteiger partial charge in [-0.05, 0) is 30.3 Å². The molecule has 0 aromatic heterocycles. The topological polar surface area (TPSA) is 29.5 Å². The lowest BCUT2D eigenvalue weighted by molar-refractivity contribution is 0.344. The molecule has 19 heavy (non-hydrogen) atoms. The minimum Gasteiger partial charge on any atom is -0.508 e. The average Bonchev–Trinajstić information content (AvgIpc) is 2.37. The van der Waals surface area contributed by atoms with E-state index in [1.54, 1.807) is 42.1 Å². The van der Waals surface area contributed by atoms with Gasteiger partial charge in [-0.25, -0.2) is 0 Å². The van der Waals surface area contributed by atoms with Gasteiger partial charge in [0.05, 0.1) is 16.7 Å². The molecule has 100 valence electrons. The molecule has 0 aliphatic heterocycles. The Morgan fingerprint density at radius 1 is 1.05 bits per heavy atom. The number of hydrogen-bond acceptors (Lipinski definition) is 3. The number of para-hydroxylation sites is 1. The predicted octanol–water partition coefficient (Wildman–Crippen LogP) is 4.87. The van der Waals surface area contributed by atoms with Gasteiger partial charge in [0.15, 0.2) is 5.75 Å². The van der Waals surface area contributed by atoms with Crippen LogP contribution < -0.4 is 4.74 Å². The molecule has 1 N–H and O–H groups in total. The van der Waals surface area contributed by atoms with E-state index in [0.29, 0.717) is 22.4 Å². The third-order valence-electron chi connectivity index (χ3n) is 2.34. The number of aromatic hydroxyl groups is 1. The highest BCUT2D eigenvalue weighted by atomic mass is 35.5. The zero-order valence-corrected chi connectivity index (χ0v) is 12.3. The second-order valence-electron chi connectivity index (χ2n) is 3.75. The van der Waals surface area contributed by atoms with Gasteiger partial charge in [0.25, 0.3) is 0 Å². The van der Waals surface area contributed by atoms with Gasteiger partial charge in [-0.2, -0.15) is 0 Å². The third kappa shape index (κ3) is 4.23. The Balaban J connectivity index is 1.84. The summed E-state index contributed by atoms with van der Waals surface area (Å²) in [6, 6.07) is 12.4. The van der Waals surface area contributed by atoms with Crippen molar-refractivity contribution in [3.05, 3.63) is 52.5 Å². The van der Waals surface area contributed by atoms with E-state index >= 15 is 0 Å². The summed E-state index contributed by atoms with van der Waals surface area (Å²) < 4.78 is 5.57. The van der Waals surface area contributed by atoms with Crippen LogP contribution >= 0.6 is 35.0 Å². The minimum atomic E-state index is 0.264. The first-order chi connectivity index (χ1) is 9.16. The Morgan fingerprint density at radius 2 is 1.74 bits per heavy atom. The summed E-state index contributed by atoms with van der Waals surface area (Å²) in [5.74, 6) is 1.52. The maximum Gasteiger partial charge on any atom is 0.156 e. The number of hydrogen-bond donors (Lipinski definition) is 1. The van der Waals surface area contributed by atoms with Crippen LogP contribution in [0.15, 0.2) is 47.4 Å². The first-order valence-corrected chi connectivity index (χ1v) is 7.39. The zero-order valence-electron chi connectivity index (χ0n) is 9.98. The molecule has 0 aliphatic carbocycles. The summed E-state index contributed by atoms with van der Waals surface area (Å²) in [7, 11) is 0. The van der Waals surface area contributed by atoms with E-state index in [9.17, 15) is 5.11 Å². The average molecular weight is 315 g/mol. The van der Waals surface area contributed by atoms with Crippen LogP contribution in [0.2, 0.25) is 10.0 Å². The fourth-order valence-corrected chi connectivity index (χ4v) is 2.78. The maximum atomic E-state index is 9.34. The van der Waals surface area contributed by atoms with Gasteiger partial charge in [-0.1, -0.05) is 35.3 Å². The summed E-state index contributed by atoms with van der Waals surface area (Å²) >= 11 is 13.6. The van der Waals surface area contributed by atoms with Gasteiger partial charge < -0.3 is 9.84 Å². The van der Waals surface area contributed by atoms with Crippen molar-refractivity contribution in [3.8, 4) is 11.5 Å². The van der Waals surface area contributed by atoms with Crippen molar-refractivity contribution in [2.45, 2.75) is 4.90 Å². The van der Waals surface area contributed by atoms with Crippen LogP contribution in [-0.2, 0) is 0 Å². The van der Waals surface area contributed by atoms with Gasteiger partial charge in [0.1, 0.15) is 5.75 Å². The standard InChI is InChI=1S/C14H12Cl2O2S/c15-12-5-2-6-13(16)14(12)18-7-8-19-11-4-1-3-10(17)9-11/h1-6,9,17H,7-8H2. The van der Waals surface area contributed by atoms with E-state index in [1.165, 1.54) is 0 Å². The molecule has 0 aliphatic rings. The van der Waals surface area contributed by atoms with Crippen LogP contribution in [0.5, 0.6) is 11.5 Å². The minimum absolute atomic E-state index is 0.264. The van der Waals surface area contributed by atoms with Crippen LogP contribution in [0.25, 0.3) is 0 Å². The molecule has 0 unspecified atom stereocenters. The van der Waals surface area contributed by atoms with Crippen molar-refractivity contribution in [1.29, 1.82) is 0 Å². The number of halogens is 2. The summed E-state index contributed by atoms with van der Waals surface area (Å²) in [6.45, 7) is 0.490. The highest BCUT2D eigenvalue weighted by Gasteiger charge is 2.06. The van der Waals surface area contributed by atoms with E-state index in [2.05, 4.69) is 0 Å². The predicted molar refractivity (Wildman–Crippen MR) is 80.8 cm³/mol. The number of thioether (sulfide) groups is 1. The van der Waals surface area contributed by atoms with Gasteiger partial charge in [0.2, 0.25) is 0 Å². The molecule has 0 spiro atoms. The molecule has 0 radical (unpaired) electrons. The molecule has 2 aromatic carbocycles. The summed E-state index contributed by atoms with van der Waals surface area (Å²) in [5.41, 5.74) is 0. The van der Waals surface area contributed by atoms with Gasteiger partial charge in [-0.3, -0.25) is 0 Å². The Labute approximate surface area is 126 Å². The van der Waals surface area contributed by atoms with Crippen molar-refractivity contribution in [3.63, 3.8) is 0 Å². The van der Waals surface area contributed by atoms with Crippen molar-refractivity contribution in [2.75, 3.05) is 12.4 Å². The van der Waals surface area contributed by atoms with Gasteiger partial charge in [-0.15, -0.1) is 11.8 Å². The fraction of sp³-hybridized carbons (Fsp3) is 0.143. The second-order valence-corrected chi connectivity index (χ2v) is 5.73. The Kier molecular flexibility index (Phi) is 5.25. The molecule has 0 bridgehead atoms. The molecule has 0 fully saturated rings. The third-order valence-corrected chi connectivity index (χ3v) is 3.89. The molecule has 0 atom stereocenters. The van der Waals surface area contributed by atoms with Crippen LogP contribution in [0.3, 0.4) is 0 Å². The number of phenols is 1. The molecule has 5 heteroatoms. The lowest BCUT2D eigenvalue weighted by atomic mass is 10.3. The molecule has 0 amide bonds. The first kappa shape index (κ1) is 14.4. The molecule has 2 rings (SSSR count). The number of phenolic OH excluding ortho intramolecular Hbond substituents is 1. The van der Waals surface area contributed by atoms with E-state index in [-0.39, 0.29) is 5.75 Å². The Bertz CT molecular complexity index is 541. The summed E-state index contributed by atoms with van der Waals surface area (Å²) in [4.78, 5) is 0.994.